The largest absolute Gasteiger partial charge is 0.491 e. The van der Waals surface area contributed by atoms with Crippen LogP contribution in [0, 0.1) is 0 Å². The van der Waals surface area contributed by atoms with Gasteiger partial charge in [-0.3, -0.25) is 9.59 Å². The zero-order valence-corrected chi connectivity index (χ0v) is 16.8. The number of primary sulfonamides is 1. The second-order valence-corrected chi connectivity index (χ2v) is 8.34. The summed E-state index contributed by atoms with van der Waals surface area (Å²) in [7, 11) is -3.80. The van der Waals surface area contributed by atoms with Gasteiger partial charge in [-0.1, -0.05) is 0 Å². The van der Waals surface area contributed by atoms with Crippen molar-refractivity contribution in [3.63, 3.8) is 0 Å². The van der Waals surface area contributed by atoms with Crippen molar-refractivity contribution in [2.45, 2.75) is 31.4 Å². The molecule has 1 aromatic heterocycles. The van der Waals surface area contributed by atoms with Crippen molar-refractivity contribution >= 4 is 32.4 Å². The molecule has 1 amide bonds. The van der Waals surface area contributed by atoms with E-state index in [0.29, 0.717) is 16.8 Å². The maximum Gasteiger partial charge on any atom is 0.258 e. The highest BCUT2D eigenvalue weighted by atomic mass is 32.2. The Bertz CT molecular complexity index is 1220. The molecule has 3 N–H and O–H groups in total. The van der Waals surface area contributed by atoms with Crippen LogP contribution in [0.3, 0.4) is 0 Å². The van der Waals surface area contributed by atoms with Gasteiger partial charge in [-0.05, 0) is 67.8 Å². The second-order valence-electron chi connectivity index (χ2n) is 6.78. The Balaban J connectivity index is 1.76. The predicted octanol–water partition coefficient (Wildman–Crippen LogP) is 2.07. The number of nitrogens with one attached hydrogen (secondary N) is 1. The second kappa shape index (κ2) is 8.06. The highest BCUT2D eigenvalue weighted by Crippen LogP contribution is 2.19. The topological polar surface area (TPSA) is 120 Å². The average molecular weight is 415 g/mol. The number of nitrogens with two attached hydrogens (primary N) is 1. The fourth-order valence-corrected chi connectivity index (χ4v) is 3.33. The Morgan fingerprint density at radius 1 is 1.14 bits per heavy atom. The molecule has 2 aromatic carbocycles. The first kappa shape index (κ1) is 20.6. The van der Waals surface area contributed by atoms with Gasteiger partial charge in [0, 0.05) is 17.3 Å². The molecular weight excluding hydrogens is 394 g/mol. The molecule has 0 spiro atoms. The summed E-state index contributed by atoms with van der Waals surface area (Å²) in [5, 5.41) is 8.87. The minimum absolute atomic E-state index is 0.0237. The number of fused-ring (bicyclic) bond motifs is 1. The number of sulfonamides is 1. The van der Waals surface area contributed by atoms with Gasteiger partial charge in [-0.15, -0.1) is 0 Å². The highest BCUT2D eigenvalue weighted by Gasteiger charge is 2.11. The quantitative estimate of drug-likeness (QED) is 0.638. The van der Waals surface area contributed by atoms with Gasteiger partial charge in [0.2, 0.25) is 15.9 Å². The number of hydrogen-bond acceptors (Lipinski definition) is 5. The van der Waals surface area contributed by atoms with Crippen molar-refractivity contribution in [1.29, 1.82) is 0 Å². The summed E-state index contributed by atoms with van der Waals surface area (Å²) in [5.41, 5.74) is 0.102. The van der Waals surface area contributed by atoms with Crippen LogP contribution in [0.25, 0.3) is 10.8 Å². The van der Waals surface area contributed by atoms with Gasteiger partial charge in [0.15, 0.2) is 0 Å². The molecule has 152 valence electrons. The van der Waals surface area contributed by atoms with Crippen molar-refractivity contribution in [2.24, 2.45) is 5.14 Å². The zero-order valence-electron chi connectivity index (χ0n) is 16.0. The Morgan fingerprint density at radius 2 is 1.83 bits per heavy atom. The van der Waals surface area contributed by atoms with E-state index in [0.717, 1.165) is 5.39 Å². The maximum atomic E-state index is 12.7. The lowest BCUT2D eigenvalue weighted by atomic mass is 10.1. The summed E-state index contributed by atoms with van der Waals surface area (Å²) in [6, 6.07) is 12.4. The first-order chi connectivity index (χ1) is 13.6. The summed E-state index contributed by atoms with van der Waals surface area (Å²) in [6.45, 7) is 3.66. The van der Waals surface area contributed by atoms with Crippen molar-refractivity contribution in [3.8, 4) is 5.75 Å². The molecule has 0 unspecified atom stereocenters. The van der Waals surface area contributed by atoms with Gasteiger partial charge in [0.25, 0.3) is 5.56 Å². The van der Waals surface area contributed by atoms with Crippen molar-refractivity contribution < 1.29 is 17.9 Å². The normalized spacial score (nSPS) is 11.6. The standard InChI is InChI=1S/C20H21N3O5S/c1-13(2)28-16-5-8-18-14(11-16)9-10-23(20(18)25)12-19(24)22-15-3-6-17(7-4-15)29(21,26)27/h3-11,13H,12H2,1-2H3,(H,22,24)(H2,21,26,27). The van der Waals surface area contributed by atoms with E-state index in [1.807, 2.05) is 13.8 Å². The van der Waals surface area contributed by atoms with Gasteiger partial charge in [0.05, 0.1) is 11.0 Å². The average Bonchev–Trinajstić information content (AvgIpc) is 2.63. The van der Waals surface area contributed by atoms with E-state index < -0.39 is 15.9 Å². The van der Waals surface area contributed by atoms with Crippen LogP contribution < -0.4 is 20.8 Å². The number of benzene rings is 2. The third-order valence-corrected chi connectivity index (χ3v) is 5.03. The lowest BCUT2D eigenvalue weighted by Crippen LogP contribution is -2.27. The number of hydrogen-bond donors (Lipinski definition) is 2. The van der Waals surface area contributed by atoms with Crippen LogP contribution in [0.15, 0.2) is 64.4 Å². The molecule has 3 rings (SSSR count). The first-order valence-electron chi connectivity index (χ1n) is 8.86. The Kier molecular flexibility index (Phi) is 5.71. The smallest absolute Gasteiger partial charge is 0.258 e. The number of ether oxygens (including phenoxy) is 1. The van der Waals surface area contributed by atoms with E-state index in [-0.39, 0.29) is 23.1 Å². The minimum Gasteiger partial charge on any atom is -0.491 e. The highest BCUT2D eigenvalue weighted by molar-refractivity contribution is 7.89. The Hall–Kier alpha value is -3.17. The van der Waals surface area contributed by atoms with E-state index in [9.17, 15) is 18.0 Å². The van der Waals surface area contributed by atoms with Gasteiger partial charge in [-0.2, -0.15) is 0 Å². The molecule has 0 atom stereocenters. The number of carbonyl (C=O) groups is 1. The summed E-state index contributed by atoms with van der Waals surface area (Å²) in [6.07, 6.45) is 1.57. The predicted molar refractivity (Wildman–Crippen MR) is 110 cm³/mol. The van der Waals surface area contributed by atoms with Crippen LogP contribution in [0.1, 0.15) is 13.8 Å². The minimum atomic E-state index is -3.80. The van der Waals surface area contributed by atoms with Crippen LogP contribution >= 0.6 is 0 Å². The lowest BCUT2D eigenvalue weighted by molar-refractivity contribution is -0.116. The Morgan fingerprint density at radius 3 is 2.45 bits per heavy atom. The number of rotatable bonds is 6. The van der Waals surface area contributed by atoms with Gasteiger partial charge in [-0.25, -0.2) is 13.6 Å². The molecule has 9 heteroatoms. The Labute approximate surface area is 168 Å². The van der Waals surface area contributed by atoms with Gasteiger partial charge < -0.3 is 14.6 Å². The summed E-state index contributed by atoms with van der Waals surface area (Å²) >= 11 is 0. The number of aromatic nitrogens is 1. The molecule has 0 radical (unpaired) electrons. The number of anilines is 1. The molecule has 8 nitrogen and oxygen atoms in total. The molecule has 1 heterocycles. The molecule has 0 saturated heterocycles. The maximum absolute atomic E-state index is 12.7. The molecule has 3 aromatic rings. The monoisotopic (exact) mass is 415 g/mol. The van der Waals surface area contributed by atoms with Crippen LogP contribution in [0.2, 0.25) is 0 Å². The van der Waals surface area contributed by atoms with Crippen molar-refractivity contribution in [3.05, 3.63) is 65.1 Å². The van der Waals surface area contributed by atoms with E-state index in [1.165, 1.54) is 28.8 Å². The number of nitrogens with zero attached hydrogens (tertiary/aromatic N) is 1. The lowest BCUT2D eigenvalue weighted by Gasteiger charge is -2.11. The first-order valence-corrected chi connectivity index (χ1v) is 10.4. The van der Waals surface area contributed by atoms with Gasteiger partial charge in [0.1, 0.15) is 12.3 Å². The molecule has 0 fully saturated rings. The number of amides is 1. The van der Waals surface area contributed by atoms with Gasteiger partial charge >= 0.3 is 0 Å². The fourth-order valence-electron chi connectivity index (χ4n) is 2.82. The molecule has 29 heavy (non-hydrogen) atoms. The summed E-state index contributed by atoms with van der Waals surface area (Å²) < 4.78 is 29.5. The number of carbonyl (C=O) groups excluding carboxylic acids is 1. The SMILES string of the molecule is CC(C)Oc1ccc2c(=O)n(CC(=O)Nc3ccc(S(N)(=O)=O)cc3)ccc2c1. The third kappa shape index (κ3) is 5.01. The van der Waals surface area contributed by atoms with E-state index >= 15 is 0 Å². The molecule has 0 aliphatic carbocycles. The molecule has 0 aliphatic rings. The number of pyridine rings is 1. The van der Waals surface area contributed by atoms with E-state index in [2.05, 4.69) is 5.32 Å². The van der Waals surface area contributed by atoms with Crippen molar-refractivity contribution in [1.82, 2.24) is 4.57 Å². The third-order valence-electron chi connectivity index (χ3n) is 4.10. The molecule has 0 aliphatic heterocycles. The van der Waals surface area contributed by atoms with Crippen LogP contribution in [-0.4, -0.2) is 25.0 Å². The zero-order chi connectivity index (χ0) is 21.2. The fraction of sp³-hybridized carbons (Fsp3) is 0.200. The molecular formula is C20H21N3O5S. The summed E-state index contributed by atoms with van der Waals surface area (Å²) in [5.74, 6) is 0.250. The van der Waals surface area contributed by atoms with E-state index in [1.54, 1.807) is 30.5 Å². The van der Waals surface area contributed by atoms with E-state index in [4.69, 9.17) is 9.88 Å². The van der Waals surface area contributed by atoms with Crippen molar-refractivity contribution in [2.75, 3.05) is 5.32 Å². The summed E-state index contributed by atoms with van der Waals surface area (Å²) in [4.78, 5) is 24.9. The molecule has 0 saturated carbocycles. The van der Waals surface area contributed by atoms with Crippen LogP contribution in [0.4, 0.5) is 5.69 Å². The van der Waals surface area contributed by atoms with Crippen LogP contribution in [0.5, 0.6) is 5.75 Å². The molecule has 0 bridgehead atoms. The van der Waals surface area contributed by atoms with Crippen LogP contribution in [-0.2, 0) is 21.4 Å².